The molecule has 2 aromatic rings. The maximum Gasteiger partial charge on any atom is 0.0384 e. The molecule has 2 aliphatic heterocycles. The summed E-state index contributed by atoms with van der Waals surface area (Å²) in [5.74, 6) is 1.45. The first kappa shape index (κ1) is 23.1. The molecule has 1 atom stereocenters. The first-order chi connectivity index (χ1) is 16.1. The molecule has 2 aromatic carbocycles. The van der Waals surface area contributed by atoms with E-state index in [1.54, 1.807) is 27.8 Å². The molecule has 0 spiro atoms. The van der Waals surface area contributed by atoms with E-state index in [4.69, 9.17) is 0 Å². The van der Waals surface area contributed by atoms with Gasteiger partial charge in [0, 0.05) is 32.7 Å². The number of fused-ring (bicyclic) bond motifs is 2. The Morgan fingerprint density at radius 3 is 2.45 bits per heavy atom. The minimum atomic E-state index is 0.613. The molecule has 1 fully saturated rings. The fraction of sp³-hybridized carbons (Fsp3) is 0.600. The summed E-state index contributed by atoms with van der Waals surface area (Å²) in [7, 11) is 0. The highest BCUT2D eigenvalue weighted by atomic mass is 15.5. The van der Waals surface area contributed by atoms with Crippen LogP contribution >= 0.6 is 0 Å². The van der Waals surface area contributed by atoms with Gasteiger partial charge in [-0.1, -0.05) is 45.0 Å². The SMILES string of the molecule is CCc1cc2c(cc1C)CN(NCCC(C)c1cc3c(cc1C1CC1)CCN(CC)C3)CC2. The third-order valence-corrected chi connectivity index (χ3v) is 8.46. The van der Waals surface area contributed by atoms with Crippen LogP contribution in [0.3, 0.4) is 0 Å². The minimum Gasteiger partial charge on any atom is -0.299 e. The lowest BCUT2D eigenvalue weighted by atomic mass is 9.85. The number of rotatable bonds is 8. The van der Waals surface area contributed by atoms with E-state index in [-0.39, 0.29) is 0 Å². The van der Waals surface area contributed by atoms with Crippen molar-refractivity contribution >= 4 is 0 Å². The lowest BCUT2D eigenvalue weighted by Crippen LogP contribution is -2.42. The average molecular weight is 446 g/mol. The number of nitrogens with zero attached hydrogens (tertiary/aromatic N) is 2. The highest BCUT2D eigenvalue weighted by Gasteiger charge is 2.29. The van der Waals surface area contributed by atoms with Crippen LogP contribution in [0.25, 0.3) is 0 Å². The van der Waals surface area contributed by atoms with Crippen molar-refractivity contribution in [1.29, 1.82) is 0 Å². The predicted octanol–water partition coefficient (Wildman–Crippen LogP) is 5.87. The van der Waals surface area contributed by atoms with Crippen molar-refractivity contribution in [2.75, 3.05) is 26.2 Å². The molecule has 5 rings (SSSR count). The monoisotopic (exact) mass is 445 g/mol. The van der Waals surface area contributed by atoms with Gasteiger partial charge in [0.1, 0.15) is 0 Å². The quantitative estimate of drug-likeness (QED) is 0.548. The molecule has 0 radical (unpaired) electrons. The van der Waals surface area contributed by atoms with Gasteiger partial charge in [0.05, 0.1) is 0 Å². The first-order valence-electron chi connectivity index (χ1n) is 13.5. The first-order valence-corrected chi connectivity index (χ1v) is 13.5. The largest absolute Gasteiger partial charge is 0.299 e. The van der Waals surface area contributed by atoms with Gasteiger partial charge in [-0.2, -0.15) is 0 Å². The van der Waals surface area contributed by atoms with Gasteiger partial charge >= 0.3 is 0 Å². The van der Waals surface area contributed by atoms with Gasteiger partial charge in [0.2, 0.25) is 0 Å². The summed E-state index contributed by atoms with van der Waals surface area (Å²) >= 11 is 0. The zero-order valence-corrected chi connectivity index (χ0v) is 21.3. The van der Waals surface area contributed by atoms with E-state index in [1.165, 1.54) is 48.9 Å². The summed E-state index contributed by atoms with van der Waals surface area (Å²) in [6.45, 7) is 16.0. The molecule has 2 heterocycles. The van der Waals surface area contributed by atoms with Crippen molar-refractivity contribution in [2.24, 2.45) is 0 Å². The van der Waals surface area contributed by atoms with Crippen LogP contribution in [0.4, 0.5) is 0 Å². The number of hydrazine groups is 1. The van der Waals surface area contributed by atoms with Crippen LogP contribution < -0.4 is 5.43 Å². The highest BCUT2D eigenvalue weighted by molar-refractivity contribution is 5.44. The summed E-state index contributed by atoms with van der Waals surface area (Å²) in [6, 6.07) is 10.1. The number of hydrogen-bond acceptors (Lipinski definition) is 3. The van der Waals surface area contributed by atoms with E-state index < -0.39 is 0 Å². The van der Waals surface area contributed by atoms with Crippen LogP contribution in [-0.4, -0.2) is 36.1 Å². The molecular formula is C30H43N3. The molecule has 1 unspecified atom stereocenters. The Balaban J connectivity index is 1.22. The third kappa shape index (κ3) is 5.06. The molecule has 3 nitrogen and oxygen atoms in total. The van der Waals surface area contributed by atoms with Gasteiger partial charge in [0.15, 0.2) is 0 Å². The van der Waals surface area contributed by atoms with Crippen LogP contribution in [0.5, 0.6) is 0 Å². The molecule has 0 saturated heterocycles. The lowest BCUT2D eigenvalue weighted by molar-refractivity contribution is 0.167. The van der Waals surface area contributed by atoms with Crippen molar-refractivity contribution < 1.29 is 0 Å². The number of aryl methyl sites for hydroxylation is 2. The molecule has 0 amide bonds. The van der Waals surface area contributed by atoms with Crippen molar-refractivity contribution in [3.8, 4) is 0 Å². The average Bonchev–Trinajstić information content (AvgIpc) is 3.67. The van der Waals surface area contributed by atoms with E-state index in [0.29, 0.717) is 5.92 Å². The standard InChI is InChI=1S/C30H43N3/c1-5-23-16-25-11-14-33(20-27(25)15-22(23)4)31-12-9-21(3)29-18-28-19-32(6-2)13-10-26(28)17-30(29)24-7-8-24/h15-18,21,24,31H,5-14,19-20H2,1-4H3. The molecule has 3 heteroatoms. The summed E-state index contributed by atoms with van der Waals surface area (Å²) in [6.07, 6.45) is 7.52. The van der Waals surface area contributed by atoms with E-state index in [1.807, 2.05) is 0 Å². The van der Waals surface area contributed by atoms with E-state index >= 15 is 0 Å². The molecule has 33 heavy (non-hydrogen) atoms. The molecule has 1 N–H and O–H groups in total. The van der Waals surface area contributed by atoms with Crippen LogP contribution in [0.15, 0.2) is 24.3 Å². The Bertz CT molecular complexity index is 991. The maximum absolute atomic E-state index is 3.78. The maximum atomic E-state index is 3.78. The third-order valence-electron chi connectivity index (χ3n) is 8.46. The summed E-state index contributed by atoms with van der Waals surface area (Å²) < 4.78 is 0. The molecule has 178 valence electrons. The fourth-order valence-corrected chi connectivity index (χ4v) is 6.04. The minimum absolute atomic E-state index is 0.613. The Morgan fingerprint density at radius 2 is 1.70 bits per heavy atom. The van der Waals surface area contributed by atoms with Gasteiger partial charge in [0.25, 0.3) is 0 Å². The number of hydrogen-bond donors (Lipinski definition) is 1. The van der Waals surface area contributed by atoms with Crippen molar-refractivity contribution in [3.63, 3.8) is 0 Å². The molecule has 0 bridgehead atoms. The number of nitrogens with one attached hydrogen (secondary N) is 1. The van der Waals surface area contributed by atoms with E-state index in [0.717, 1.165) is 51.5 Å². The van der Waals surface area contributed by atoms with Gasteiger partial charge in [-0.15, -0.1) is 0 Å². The van der Waals surface area contributed by atoms with Crippen LogP contribution in [-0.2, 0) is 32.4 Å². The van der Waals surface area contributed by atoms with E-state index in [2.05, 4.69) is 67.3 Å². The number of likely N-dealkylation sites (N-methyl/N-ethyl adjacent to an activating group) is 1. The Hall–Kier alpha value is -1.68. The molecule has 1 aliphatic carbocycles. The highest BCUT2D eigenvalue weighted by Crippen LogP contribution is 2.45. The lowest BCUT2D eigenvalue weighted by Gasteiger charge is -2.31. The Morgan fingerprint density at radius 1 is 0.939 bits per heavy atom. The predicted molar refractivity (Wildman–Crippen MR) is 139 cm³/mol. The van der Waals surface area contributed by atoms with Crippen LogP contribution in [0.2, 0.25) is 0 Å². The summed E-state index contributed by atoms with van der Waals surface area (Å²) in [5.41, 5.74) is 16.4. The zero-order valence-electron chi connectivity index (χ0n) is 21.3. The molecule has 1 saturated carbocycles. The van der Waals surface area contributed by atoms with Gasteiger partial charge in [-0.05, 0) is 108 Å². The second-order valence-electron chi connectivity index (χ2n) is 10.8. The molecular weight excluding hydrogens is 402 g/mol. The normalized spacial score (nSPS) is 19.9. The van der Waals surface area contributed by atoms with E-state index in [9.17, 15) is 0 Å². The van der Waals surface area contributed by atoms with Gasteiger partial charge < -0.3 is 0 Å². The number of benzene rings is 2. The smallest absolute Gasteiger partial charge is 0.0384 e. The van der Waals surface area contributed by atoms with Crippen molar-refractivity contribution in [3.05, 3.63) is 68.8 Å². The van der Waals surface area contributed by atoms with Crippen LogP contribution in [0.1, 0.15) is 96.4 Å². The van der Waals surface area contributed by atoms with Crippen molar-refractivity contribution in [1.82, 2.24) is 15.3 Å². The fourth-order valence-electron chi connectivity index (χ4n) is 6.04. The topological polar surface area (TPSA) is 18.5 Å². The van der Waals surface area contributed by atoms with Crippen molar-refractivity contribution in [2.45, 2.75) is 91.1 Å². The summed E-state index contributed by atoms with van der Waals surface area (Å²) in [5, 5.41) is 2.45. The molecule has 3 aliphatic rings. The second-order valence-corrected chi connectivity index (χ2v) is 10.8. The van der Waals surface area contributed by atoms with Crippen LogP contribution in [0, 0.1) is 6.92 Å². The second kappa shape index (κ2) is 9.90. The Kier molecular flexibility index (Phi) is 6.92. The van der Waals surface area contributed by atoms with Gasteiger partial charge in [-0.25, -0.2) is 5.01 Å². The Labute approximate surface area is 201 Å². The van der Waals surface area contributed by atoms with Gasteiger partial charge in [-0.3, -0.25) is 10.3 Å². The molecule has 0 aromatic heterocycles. The summed E-state index contributed by atoms with van der Waals surface area (Å²) in [4.78, 5) is 2.59. The zero-order chi connectivity index (χ0) is 22.9.